The van der Waals surface area contributed by atoms with Gasteiger partial charge in [0, 0.05) is 11.0 Å². The van der Waals surface area contributed by atoms with Gasteiger partial charge in [-0.3, -0.25) is 4.79 Å². The van der Waals surface area contributed by atoms with Gasteiger partial charge in [0.2, 0.25) is 10.0 Å². The number of aliphatic hydroxyl groups is 1. The Morgan fingerprint density at radius 1 is 1.10 bits per heavy atom. The highest BCUT2D eigenvalue weighted by atomic mass is 32.2. The Morgan fingerprint density at radius 3 is 2.19 bits per heavy atom. The van der Waals surface area contributed by atoms with Crippen molar-refractivity contribution in [2.45, 2.75) is 51.2 Å². The Morgan fingerprint density at radius 2 is 1.68 bits per heavy atom. The minimum atomic E-state index is -4.14. The zero-order valence-corrected chi connectivity index (χ0v) is 19.3. The Bertz CT molecular complexity index is 1060. The molecule has 7 heteroatoms. The van der Waals surface area contributed by atoms with E-state index in [0.717, 1.165) is 5.56 Å². The first-order valence-electron chi connectivity index (χ1n) is 9.97. The molecule has 6 nitrogen and oxygen atoms in total. The van der Waals surface area contributed by atoms with Gasteiger partial charge in [0.25, 0.3) is 0 Å². The van der Waals surface area contributed by atoms with Crippen LogP contribution in [0.2, 0.25) is 0 Å². The molecule has 2 N–H and O–H groups in total. The summed E-state index contributed by atoms with van der Waals surface area (Å²) < 4.78 is 33.5. The largest absolute Gasteiger partial charge is 0.465 e. The van der Waals surface area contributed by atoms with Crippen molar-refractivity contribution in [2.24, 2.45) is 5.41 Å². The smallest absolute Gasteiger partial charge is 0.328 e. The van der Waals surface area contributed by atoms with Crippen molar-refractivity contribution in [1.82, 2.24) is 4.72 Å². The maximum absolute atomic E-state index is 13.0. The standard InChI is InChI=1S/C24H29NO5S/c1-6-30-22(26)21(25-31(28,29)20-14-12-18(2)13-15-20)24(27,23(3,4)5)17-16-19-10-8-7-9-11-19/h7-15,21,25,27H,6H2,1-5H3/t21-,24+/m1/s1. The monoisotopic (exact) mass is 443 g/mol. The van der Waals surface area contributed by atoms with Gasteiger partial charge in [-0.2, -0.15) is 4.72 Å². The fraction of sp³-hybridized carbons (Fsp3) is 0.375. The molecule has 0 unspecified atom stereocenters. The van der Waals surface area contributed by atoms with Crippen LogP contribution in [0.3, 0.4) is 0 Å². The van der Waals surface area contributed by atoms with E-state index >= 15 is 0 Å². The molecule has 166 valence electrons. The van der Waals surface area contributed by atoms with Crippen LogP contribution in [-0.2, 0) is 19.6 Å². The molecule has 2 atom stereocenters. The van der Waals surface area contributed by atoms with E-state index in [-0.39, 0.29) is 11.5 Å². The summed E-state index contributed by atoms with van der Waals surface area (Å²) in [6, 6.07) is 13.5. The van der Waals surface area contributed by atoms with Crippen LogP contribution >= 0.6 is 0 Å². The lowest BCUT2D eigenvalue weighted by atomic mass is 9.72. The third-order valence-electron chi connectivity index (χ3n) is 4.86. The fourth-order valence-electron chi connectivity index (χ4n) is 2.85. The van der Waals surface area contributed by atoms with Crippen LogP contribution in [0.15, 0.2) is 59.5 Å². The van der Waals surface area contributed by atoms with Crippen LogP contribution in [0.25, 0.3) is 0 Å². The molecule has 0 heterocycles. The summed E-state index contributed by atoms with van der Waals surface area (Å²) in [5.41, 5.74) is -1.55. The minimum absolute atomic E-state index is 0.0218. The molecular formula is C24H29NO5S. The minimum Gasteiger partial charge on any atom is -0.465 e. The highest BCUT2D eigenvalue weighted by Crippen LogP contribution is 2.34. The first-order valence-corrected chi connectivity index (χ1v) is 11.5. The predicted octanol–water partition coefficient (Wildman–Crippen LogP) is 3.03. The summed E-state index contributed by atoms with van der Waals surface area (Å²) in [5.74, 6) is 4.71. The van der Waals surface area contributed by atoms with Crippen LogP contribution in [0.1, 0.15) is 38.8 Å². The zero-order valence-electron chi connectivity index (χ0n) is 18.5. The highest BCUT2D eigenvalue weighted by Gasteiger charge is 2.51. The van der Waals surface area contributed by atoms with Crippen LogP contribution in [0, 0.1) is 24.2 Å². The van der Waals surface area contributed by atoms with Crippen LogP contribution < -0.4 is 4.72 Å². The van der Waals surface area contributed by atoms with Gasteiger partial charge in [0.1, 0.15) is 0 Å². The van der Waals surface area contributed by atoms with Gasteiger partial charge in [-0.25, -0.2) is 8.42 Å². The summed E-state index contributed by atoms with van der Waals surface area (Å²) in [7, 11) is -4.14. The molecule has 0 radical (unpaired) electrons. The van der Waals surface area contributed by atoms with Gasteiger partial charge in [-0.05, 0) is 38.1 Å². The van der Waals surface area contributed by atoms with Crippen molar-refractivity contribution in [1.29, 1.82) is 0 Å². The van der Waals surface area contributed by atoms with Crippen molar-refractivity contribution >= 4 is 16.0 Å². The van der Waals surface area contributed by atoms with E-state index in [1.807, 2.05) is 13.0 Å². The summed E-state index contributed by atoms with van der Waals surface area (Å²) in [5, 5.41) is 11.6. The number of esters is 1. The predicted molar refractivity (Wildman–Crippen MR) is 120 cm³/mol. The molecule has 0 aliphatic rings. The van der Waals surface area contributed by atoms with E-state index in [1.165, 1.54) is 12.1 Å². The number of sulfonamides is 1. The zero-order chi connectivity index (χ0) is 23.3. The number of carbonyl (C=O) groups excluding carboxylic acids is 1. The van der Waals surface area contributed by atoms with Crippen LogP contribution in [-0.4, -0.2) is 37.7 Å². The van der Waals surface area contributed by atoms with Crippen molar-refractivity contribution < 1.29 is 23.1 Å². The molecule has 2 aromatic carbocycles. The number of rotatable bonds is 6. The molecule has 0 saturated carbocycles. The molecule has 0 saturated heterocycles. The number of hydrogen-bond acceptors (Lipinski definition) is 5. The number of ether oxygens (including phenoxy) is 1. The molecule has 0 aliphatic carbocycles. The third kappa shape index (κ3) is 5.95. The Hall–Kier alpha value is -2.66. The van der Waals surface area contributed by atoms with E-state index in [4.69, 9.17) is 4.74 Å². The first kappa shape index (κ1) is 24.6. The van der Waals surface area contributed by atoms with Gasteiger partial charge < -0.3 is 9.84 Å². The topological polar surface area (TPSA) is 92.7 Å². The highest BCUT2D eigenvalue weighted by molar-refractivity contribution is 7.89. The lowest BCUT2D eigenvalue weighted by Crippen LogP contribution is -2.62. The molecular weight excluding hydrogens is 414 g/mol. The van der Waals surface area contributed by atoms with Gasteiger partial charge in [0.15, 0.2) is 11.6 Å². The Labute approximate surface area is 184 Å². The maximum Gasteiger partial charge on any atom is 0.328 e. The van der Waals surface area contributed by atoms with Crippen molar-refractivity contribution in [3.8, 4) is 11.8 Å². The van der Waals surface area contributed by atoms with Gasteiger partial charge in [-0.1, -0.05) is 68.5 Å². The summed E-state index contributed by atoms with van der Waals surface area (Å²) in [6.45, 7) is 8.50. The van der Waals surface area contributed by atoms with E-state index in [2.05, 4.69) is 16.6 Å². The van der Waals surface area contributed by atoms with Crippen molar-refractivity contribution in [3.63, 3.8) is 0 Å². The number of nitrogens with one attached hydrogen (secondary N) is 1. The van der Waals surface area contributed by atoms with Crippen LogP contribution in [0.4, 0.5) is 0 Å². The molecule has 0 aromatic heterocycles. The third-order valence-corrected chi connectivity index (χ3v) is 6.30. The normalized spacial score (nSPS) is 14.6. The fourth-order valence-corrected chi connectivity index (χ4v) is 4.06. The average molecular weight is 444 g/mol. The maximum atomic E-state index is 13.0. The van der Waals surface area contributed by atoms with Crippen molar-refractivity contribution in [3.05, 3.63) is 65.7 Å². The molecule has 0 aliphatic heterocycles. The quantitative estimate of drug-likeness (QED) is 0.529. The summed E-state index contributed by atoms with van der Waals surface area (Å²) in [6.07, 6.45) is 0. The molecule has 0 spiro atoms. The lowest BCUT2D eigenvalue weighted by Gasteiger charge is -2.40. The number of carbonyl (C=O) groups is 1. The number of benzene rings is 2. The molecule has 0 bridgehead atoms. The average Bonchev–Trinajstić information content (AvgIpc) is 2.70. The SMILES string of the molecule is CCOC(=O)[C@@H](NS(=O)(=O)c1ccc(C)cc1)[C@@](O)(C#Cc1ccccc1)C(C)(C)C. The second kappa shape index (κ2) is 9.65. The van der Waals surface area contributed by atoms with E-state index in [9.17, 15) is 18.3 Å². The van der Waals surface area contributed by atoms with E-state index < -0.39 is 33.1 Å². The molecule has 31 heavy (non-hydrogen) atoms. The lowest BCUT2D eigenvalue weighted by molar-refractivity contribution is -0.154. The van der Waals surface area contributed by atoms with Gasteiger partial charge in [-0.15, -0.1) is 0 Å². The van der Waals surface area contributed by atoms with Gasteiger partial charge >= 0.3 is 5.97 Å². The Balaban J connectivity index is 2.58. The van der Waals surface area contributed by atoms with Crippen LogP contribution in [0.5, 0.6) is 0 Å². The Kier molecular flexibility index (Phi) is 7.66. The second-order valence-electron chi connectivity index (χ2n) is 8.25. The molecule has 0 amide bonds. The molecule has 0 fully saturated rings. The molecule has 2 rings (SSSR count). The number of aryl methyl sites for hydroxylation is 1. The van der Waals surface area contributed by atoms with Crippen molar-refractivity contribution in [2.75, 3.05) is 6.61 Å². The first-order chi connectivity index (χ1) is 14.4. The van der Waals surface area contributed by atoms with E-state index in [1.54, 1.807) is 64.1 Å². The van der Waals surface area contributed by atoms with Gasteiger partial charge in [0.05, 0.1) is 11.5 Å². The second-order valence-corrected chi connectivity index (χ2v) is 9.97. The van der Waals surface area contributed by atoms with E-state index in [0.29, 0.717) is 5.56 Å². The summed E-state index contributed by atoms with van der Waals surface area (Å²) >= 11 is 0. The summed E-state index contributed by atoms with van der Waals surface area (Å²) in [4.78, 5) is 12.8. The molecule has 2 aromatic rings. The number of hydrogen-bond donors (Lipinski definition) is 2.